The molecule has 1 fully saturated rings. The summed E-state index contributed by atoms with van der Waals surface area (Å²) in [5, 5.41) is 0. The Balaban J connectivity index is 2.26. The lowest BCUT2D eigenvalue weighted by atomic mass is 9.96. The van der Waals surface area contributed by atoms with Gasteiger partial charge in [0.15, 0.2) is 0 Å². The average Bonchev–Trinajstić information content (AvgIpc) is 2.37. The largest absolute Gasteiger partial charge is 0.418 e. The van der Waals surface area contributed by atoms with Crippen molar-refractivity contribution in [2.75, 3.05) is 23.7 Å². The molecule has 0 aromatic heterocycles. The number of nitrogens with two attached hydrogens (primary N) is 1. The summed E-state index contributed by atoms with van der Waals surface area (Å²) in [5.74, 6) is -1.52. The van der Waals surface area contributed by atoms with E-state index in [4.69, 9.17) is 5.73 Å². The molecule has 1 aromatic rings. The fourth-order valence-corrected chi connectivity index (χ4v) is 2.47. The first-order valence-corrected chi connectivity index (χ1v) is 6.37. The SMILES string of the molecule is Nc1ccc(N2CCCC(C(F)(F)F)C2)cc1C(F)(F)F. The van der Waals surface area contributed by atoms with Crippen LogP contribution in [-0.4, -0.2) is 19.3 Å². The topological polar surface area (TPSA) is 29.3 Å². The highest BCUT2D eigenvalue weighted by molar-refractivity contribution is 5.59. The third-order valence-corrected chi connectivity index (χ3v) is 3.59. The van der Waals surface area contributed by atoms with E-state index in [1.54, 1.807) is 0 Å². The van der Waals surface area contributed by atoms with Crippen LogP contribution in [0.1, 0.15) is 18.4 Å². The van der Waals surface area contributed by atoms with Gasteiger partial charge in [-0.2, -0.15) is 26.3 Å². The van der Waals surface area contributed by atoms with Crippen molar-refractivity contribution in [1.82, 2.24) is 0 Å². The summed E-state index contributed by atoms with van der Waals surface area (Å²) in [6.45, 7) is -0.0293. The average molecular weight is 312 g/mol. The van der Waals surface area contributed by atoms with Gasteiger partial charge in [0.1, 0.15) is 0 Å². The molecular weight excluding hydrogens is 298 g/mol. The molecule has 2 rings (SSSR count). The normalized spacial score (nSPS) is 20.7. The molecule has 21 heavy (non-hydrogen) atoms. The first kappa shape index (κ1) is 15.8. The third kappa shape index (κ3) is 3.54. The van der Waals surface area contributed by atoms with E-state index in [2.05, 4.69) is 0 Å². The summed E-state index contributed by atoms with van der Waals surface area (Å²) in [5.41, 5.74) is 3.95. The summed E-state index contributed by atoms with van der Waals surface area (Å²) in [7, 11) is 0. The minimum Gasteiger partial charge on any atom is -0.398 e. The van der Waals surface area contributed by atoms with Crippen LogP contribution in [0.15, 0.2) is 18.2 Å². The second-order valence-corrected chi connectivity index (χ2v) is 5.10. The van der Waals surface area contributed by atoms with E-state index < -0.39 is 29.5 Å². The van der Waals surface area contributed by atoms with Crippen LogP contribution in [-0.2, 0) is 6.18 Å². The number of benzene rings is 1. The molecule has 1 aliphatic rings. The fourth-order valence-electron chi connectivity index (χ4n) is 2.47. The molecule has 1 atom stereocenters. The van der Waals surface area contributed by atoms with E-state index in [0.717, 1.165) is 12.1 Å². The number of anilines is 2. The quantitative estimate of drug-likeness (QED) is 0.626. The Labute approximate surface area is 117 Å². The van der Waals surface area contributed by atoms with Crippen molar-refractivity contribution in [3.05, 3.63) is 23.8 Å². The Morgan fingerprint density at radius 2 is 1.76 bits per heavy atom. The first-order chi connectivity index (χ1) is 9.59. The fraction of sp³-hybridized carbons (Fsp3) is 0.538. The Kier molecular flexibility index (Phi) is 3.99. The zero-order valence-electron chi connectivity index (χ0n) is 10.9. The monoisotopic (exact) mass is 312 g/mol. The lowest BCUT2D eigenvalue weighted by molar-refractivity contribution is -0.176. The van der Waals surface area contributed by atoms with Crippen LogP contribution in [0.25, 0.3) is 0 Å². The number of nitrogen functional groups attached to an aromatic ring is 1. The van der Waals surface area contributed by atoms with Gasteiger partial charge in [-0.05, 0) is 31.0 Å². The molecular formula is C13H14F6N2. The van der Waals surface area contributed by atoms with Crippen molar-refractivity contribution in [2.45, 2.75) is 25.2 Å². The molecule has 0 spiro atoms. The van der Waals surface area contributed by atoms with E-state index in [1.165, 1.54) is 11.0 Å². The summed E-state index contributed by atoms with van der Waals surface area (Å²) in [4.78, 5) is 1.33. The second kappa shape index (κ2) is 5.31. The third-order valence-electron chi connectivity index (χ3n) is 3.59. The molecule has 0 bridgehead atoms. The molecule has 0 aliphatic carbocycles. The molecule has 118 valence electrons. The lowest BCUT2D eigenvalue weighted by Gasteiger charge is -2.35. The van der Waals surface area contributed by atoms with E-state index in [0.29, 0.717) is 6.54 Å². The number of hydrogen-bond donors (Lipinski definition) is 1. The van der Waals surface area contributed by atoms with Gasteiger partial charge in [0, 0.05) is 24.5 Å². The first-order valence-electron chi connectivity index (χ1n) is 6.37. The molecule has 1 heterocycles. The summed E-state index contributed by atoms with van der Waals surface area (Å²) in [6, 6.07) is 3.22. The summed E-state index contributed by atoms with van der Waals surface area (Å²) in [6.07, 6.45) is -8.67. The van der Waals surface area contributed by atoms with Crippen molar-refractivity contribution < 1.29 is 26.3 Å². The molecule has 0 radical (unpaired) electrons. The van der Waals surface area contributed by atoms with Crippen LogP contribution in [0.5, 0.6) is 0 Å². The number of piperidine rings is 1. The highest BCUT2D eigenvalue weighted by atomic mass is 19.4. The molecule has 8 heteroatoms. The summed E-state index contributed by atoms with van der Waals surface area (Å²) < 4.78 is 76.6. The van der Waals surface area contributed by atoms with Crippen molar-refractivity contribution in [3.63, 3.8) is 0 Å². The Hall–Kier alpha value is -1.60. The van der Waals surface area contributed by atoms with E-state index >= 15 is 0 Å². The number of alkyl halides is 6. The summed E-state index contributed by atoms with van der Waals surface area (Å²) >= 11 is 0. The molecule has 2 N–H and O–H groups in total. The van der Waals surface area contributed by atoms with Crippen molar-refractivity contribution in [3.8, 4) is 0 Å². The standard InChI is InChI=1S/C13H14F6N2/c14-12(15,16)8-2-1-5-21(7-8)9-3-4-11(20)10(6-9)13(17,18)19/h3-4,6,8H,1-2,5,7,20H2. The molecule has 2 nitrogen and oxygen atoms in total. The minimum atomic E-state index is -4.63. The van der Waals surface area contributed by atoms with E-state index in [-0.39, 0.29) is 25.1 Å². The van der Waals surface area contributed by atoms with Crippen molar-refractivity contribution in [2.24, 2.45) is 5.92 Å². The maximum Gasteiger partial charge on any atom is 0.418 e. The van der Waals surface area contributed by atoms with Gasteiger partial charge in [-0.25, -0.2) is 0 Å². The van der Waals surface area contributed by atoms with E-state index in [1.807, 2.05) is 0 Å². The minimum absolute atomic E-state index is 0.00109. The highest BCUT2D eigenvalue weighted by Crippen LogP contribution is 2.38. The van der Waals surface area contributed by atoms with Crippen LogP contribution in [0.4, 0.5) is 37.7 Å². The predicted molar refractivity (Wildman–Crippen MR) is 66.8 cm³/mol. The maximum absolute atomic E-state index is 12.8. The highest BCUT2D eigenvalue weighted by Gasteiger charge is 2.42. The van der Waals surface area contributed by atoms with Gasteiger partial charge >= 0.3 is 12.4 Å². The van der Waals surface area contributed by atoms with Gasteiger partial charge in [0.05, 0.1) is 11.5 Å². The van der Waals surface area contributed by atoms with Crippen LogP contribution in [0.3, 0.4) is 0 Å². The van der Waals surface area contributed by atoms with Crippen LogP contribution >= 0.6 is 0 Å². The molecule has 1 aromatic carbocycles. The van der Waals surface area contributed by atoms with Crippen LogP contribution in [0, 0.1) is 5.92 Å². The van der Waals surface area contributed by atoms with Gasteiger partial charge in [-0.1, -0.05) is 0 Å². The zero-order chi connectivity index (χ0) is 15.8. The van der Waals surface area contributed by atoms with Gasteiger partial charge in [-0.15, -0.1) is 0 Å². The van der Waals surface area contributed by atoms with Gasteiger partial charge in [-0.3, -0.25) is 0 Å². The molecule has 1 unspecified atom stereocenters. The number of rotatable bonds is 1. The Morgan fingerprint density at radius 3 is 2.33 bits per heavy atom. The molecule has 0 amide bonds. The molecule has 1 saturated heterocycles. The lowest BCUT2D eigenvalue weighted by Crippen LogP contribution is -2.41. The van der Waals surface area contributed by atoms with Gasteiger partial charge in [0.2, 0.25) is 0 Å². The maximum atomic E-state index is 12.8. The van der Waals surface area contributed by atoms with Crippen molar-refractivity contribution >= 4 is 11.4 Å². The van der Waals surface area contributed by atoms with Gasteiger partial charge < -0.3 is 10.6 Å². The van der Waals surface area contributed by atoms with E-state index in [9.17, 15) is 26.3 Å². The Morgan fingerprint density at radius 1 is 1.10 bits per heavy atom. The zero-order valence-corrected chi connectivity index (χ0v) is 10.9. The molecule has 1 aliphatic heterocycles. The Bertz CT molecular complexity index is 508. The molecule has 0 saturated carbocycles. The van der Waals surface area contributed by atoms with Crippen LogP contribution in [0.2, 0.25) is 0 Å². The smallest absolute Gasteiger partial charge is 0.398 e. The predicted octanol–water partition coefficient (Wildman–Crippen LogP) is 4.07. The van der Waals surface area contributed by atoms with Crippen LogP contribution < -0.4 is 10.6 Å². The van der Waals surface area contributed by atoms with Gasteiger partial charge in [0.25, 0.3) is 0 Å². The number of hydrogen-bond acceptors (Lipinski definition) is 2. The number of nitrogens with zero attached hydrogens (tertiary/aromatic N) is 1. The van der Waals surface area contributed by atoms with Crippen molar-refractivity contribution in [1.29, 1.82) is 0 Å². The second-order valence-electron chi connectivity index (χ2n) is 5.10. The number of halogens is 6.